The van der Waals surface area contributed by atoms with Crippen LogP contribution in [0.15, 0.2) is 29.3 Å². The van der Waals surface area contributed by atoms with Crippen LogP contribution in [0, 0.1) is 11.8 Å². The molecule has 1 aromatic rings. The number of fused-ring (bicyclic) bond motifs is 1. The number of benzene rings is 1. The summed E-state index contributed by atoms with van der Waals surface area (Å²) in [4.78, 5) is 25.9. The average Bonchev–Trinajstić information content (AvgIpc) is 2.70. The molecule has 0 radical (unpaired) electrons. The van der Waals surface area contributed by atoms with Gasteiger partial charge >= 0.3 is 0 Å². The number of phenols is 1. The van der Waals surface area contributed by atoms with Crippen molar-refractivity contribution in [2.45, 2.75) is 12.8 Å². The molecule has 2 amide bonds. The summed E-state index contributed by atoms with van der Waals surface area (Å²) in [5.41, 5.74) is 6.41. The molecule has 0 bridgehead atoms. The Labute approximate surface area is 132 Å². The number of allylic oxidation sites excluding steroid dienone is 2. The largest absolute Gasteiger partial charge is 0.506 e. The second-order valence-corrected chi connectivity index (χ2v) is 6.01. The molecular weight excluding hydrogens is 306 g/mol. The number of carbonyl (C=O) groups is 2. The Hall–Kier alpha value is -2.21. The van der Waals surface area contributed by atoms with Crippen molar-refractivity contribution in [3.63, 3.8) is 0 Å². The fourth-order valence-corrected chi connectivity index (χ4v) is 3.17. The van der Waals surface area contributed by atoms with Crippen LogP contribution in [0.25, 0.3) is 0 Å². The maximum Gasteiger partial charge on any atom is 0.234 e. The number of amides is 2. The molecular formula is C15H16ClN3O3. The lowest BCUT2D eigenvalue weighted by atomic mass is 9.85. The number of hydrogen-bond donors (Lipinski definition) is 3. The first-order chi connectivity index (χ1) is 10.5. The summed E-state index contributed by atoms with van der Waals surface area (Å²) < 4.78 is 0. The first-order valence-corrected chi connectivity index (χ1v) is 7.37. The quantitative estimate of drug-likeness (QED) is 0.448. The first-order valence-electron chi connectivity index (χ1n) is 6.99. The Bertz CT molecular complexity index is 674. The summed E-state index contributed by atoms with van der Waals surface area (Å²) in [5, 5.41) is 13.3. The van der Waals surface area contributed by atoms with E-state index in [1.807, 2.05) is 0 Å². The first kappa shape index (κ1) is 14.7. The summed E-state index contributed by atoms with van der Waals surface area (Å²) in [5.74, 6) is -1.13. The third-order valence-electron chi connectivity index (χ3n) is 4.11. The van der Waals surface area contributed by atoms with Crippen molar-refractivity contribution < 1.29 is 14.7 Å². The van der Waals surface area contributed by atoms with Crippen LogP contribution >= 0.6 is 11.6 Å². The number of halogens is 1. The van der Waals surface area contributed by atoms with Gasteiger partial charge in [-0.1, -0.05) is 17.7 Å². The van der Waals surface area contributed by atoms with Crippen molar-refractivity contribution in [3.8, 4) is 5.75 Å². The lowest BCUT2D eigenvalue weighted by Crippen LogP contribution is -2.35. The van der Waals surface area contributed by atoms with Gasteiger partial charge in [0, 0.05) is 16.8 Å². The van der Waals surface area contributed by atoms with Crippen LogP contribution in [0.5, 0.6) is 5.75 Å². The second-order valence-electron chi connectivity index (χ2n) is 5.52. The number of hydrogen-bond acceptors (Lipinski definition) is 5. The minimum absolute atomic E-state index is 0.0137. The lowest BCUT2D eigenvalue weighted by molar-refractivity contribution is -0.139. The number of nitrogen functional groups attached to an aromatic ring is 1. The predicted octanol–water partition coefficient (Wildman–Crippen LogP) is 1.86. The van der Waals surface area contributed by atoms with E-state index in [-0.39, 0.29) is 36.1 Å². The van der Waals surface area contributed by atoms with E-state index >= 15 is 0 Å². The van der Waals surface area contributed by atoms with Gasteiger partial charge in [0.1, 0.15) is 5.75 Å². The van der Waals surface area contributed by atoms with Crippen LogP contribution in [0.4, 0.5) is 11.4 Å². The average molecular weight is 322 g/mol. The highest BCUT2D eigenvalue weighted by Crippen LogP contribution is 2.38. The zero-order chi connectivity index (χ0) is 15.9. The van der Waals surface area contributed by atoms with E-state index < -0.39 is 0 Å². The number of phenolic OH excluding ortho intramolecular Hbond substituents is 1. The normalized spacial score (nSPS) is 24.2. The highest BCUT2D eigenvalue weighted by Gasteiger charge is 2.48. The smallest absolute Gasteiger partial charge is 0.234 e. The van der Waals surface area contributed by atoms with Gasteiger partial charge in [-0.25, -0.2) is 0 Å². The zero-order valence-electron chi connectivity index (χ0n) is 11.8. The third-order valence-corrected chi connectivity index (χ3v) is 4.42. The van der Waals surface area contributed by atoms with Crippen LogP contribution in [-0.2, 0) is 9.59 Å². The highest BCUT2D eigenvalue weighted by molar-refractivity contribution is 6.30. The van der Waals surface area contributed by atoms with Crippen LogP contribution in [0.2, 0.25) is 0 Å². The van der Waals surface area contributed by atoms with E-state index in [1.54, 1.807) is 18.2 Å². The molecule has 0 saturated carbocycles. The molecule has 1 aliphatic carbocycles. The zero-order valence-corrected chi connectivity index (χ0v) is 12.5. The van der Waals surface area contributed by atoms with Gasteiger partial charge in [-0.05, 0) is 25.0 Å². The molecule has 4 N–H and O–H groups in total. The fraction of sp³-hybridized carbons (Fsp3) is 0.333. The van der Waals surface area contributed by atoms with Crippen LogP contribution in [-0.4, -0.2) is 28.5 Å². The van der Waals surface area contributed by atoms with Crippen molar-refractivity contribution in [1.82, 2.24) is 4.90 Å². The Morgan fingerprint density at radius 2 is 2.05 bits per heavy atom. The topological polar surface area (TPSA) is 95.7 Å². The molecule has 3 rings (SSSR count). The Balaban J connectivity index is 1.71. The van der Waals surface area contributed by atoms with E-state index in [0.29, 0.717) is 29.2 Å². The van der Waals surface area contributed by atoms with Gasteiger partial charge in [0.25, 0.3) is 0 Å². The molecule has 6 nitrogen and oxygen atoms in total. The molecule has 1 fully saturated rings. The van der Waals surface area contributed by atoms with E-state index in [9.17, 15) is 14.7 Å². The fourth-order valence-electron chi connectivity index (χ4n) is 2.91. The molecule has 1 saturated heterocycles. The molecule has 1 heterocycles. The molecule has 2 aliphatic rings. The standard InChI is InChI=1S/C15H16ClN3O3/c16-8-1-3-10-11(5-8)15(22)19(14(10)21)7-18-12-4-2-9(17)6-13(12)20/h1-2,4,6,10-11,18,20H,3,5,7,17H2/t10-,11-/m1/s1. The molecule has 22 heavy (non-hydrogen) atoms. The molecule has 1 aromatic carbocycles. The second kappa shape index (κ2) is 5.53. The van der Waals surface area contributed by atoms with Gasteiger partial charge in [0.05, 0.1) is 24.2 Å². The van der Waals surface area contributed by atoms with Crippen LogP contribution < -0.4 is 11.1 Å². The predicted molar refractivity (Wildman–Crippen MR) is 83.0 cm³/mol. The molecule has 116 valence electrons. The van der Waals surface area contributed by atoms with Crippen molar-refractivity contribution in [2.24, 2.45) is 11.8 Å². The van der Waals surface area contributed by atoms with Crippen molar-refractivity contribution in [1.29, 1.82) is 0 Å². The number of nitrogens with two attached hydrogens (primary N) is 1. The maximum absolute atomic E-state index is 12.4. The van der Waals surface area contributed by atoms with E-state index in [2.05, 4.69) is 5.32 Å². The Kier molecular flexibility index (Phi) is 3.70. The highest BCUT2D eigenvalue weighted by atomic mass is 35.5. The van der Waals surface area contributed by atoms with E-state index in [4.69, 9.17) is 17.3 Å². The molecule has 0 spiro atoms. The number of nitrogens with one attached hydrogen (secondary N) is 1. The minimum atomic E-state index is -0.369. The minimum Gasteiger partial charge on any atom is -0.506 e. The van der Waals surface area contributed by atoms with Crippen LogP contribution in [0.3, 0.4) is 0 Å². The molecule has 7 heteroatoms. The Morgan fingerprint density at radius 1 is 1.32 bits per heavy atom. The van der Waals surface area contributed by atoms with Crippen molar-refractivity contribution in [2.75, 3.05) is 17.7 Å². The summed E-state index contributed by atoms with van der Waals surface area (Å²) >= 11 is 5.97. The number of rotatable bonds is 3. The maximum atomic E-state index is 12.4. The monoisotopic (exact) mass is 321 g/mol. The van der Waals surface area contributed by atoms with Gasteiger partial charge in [-0.2, -0.15) is 0 Å². The number of nitrogens with zero attached hydrogens (tertiary/aromatic N) is 1. The summed E-state index contributed by atoms with van der Waals surface area (Å²) in [6.07, 6.45) is 2.72. The summed E-state index contributed by atoms with van der Waals surface area (Å²) in [7, 11) is 0. The number of likely N-dealkylation sites (tertiary alicyclic amines) is 1. The molecule has 0 unspecified atom stereocenters. The van der Waals surface area contributed by atoms with Gasteiger partial charge in [0.2, 0.25) is 11.8 Å². The summed E-state index contributed by atoms with van der Waals surface area (Å²) in [6, 6.07) is 4.62. The van der Waals surface area contributed by atoms with Gasteiger partial charge in [-0.3, -0.25) is 14.5 Å². The number of carbonyl (C=O) groups excluding carboxylic acids is 2. The van der Waals surface area contributed by atoms with Crippen LogP contribution in [0.1, 0.15) is 12.8 Å². The van der Waals surface area contributed by atoms with E-state index in [0.717, 1.165) is 0 Å². The van der Waals surface area contributed by atoms with Crippen molar-refractivity contribution in [3.05, 3.63) is 29.3 Å². The summed E-state index contributed by atoms with van der Waals surface area (Å²) in [6.45, 7) is 0.0137. The van der Waals surface area contributed by atoms with Crippen molar-refractivity contribution >= 4 is 34.8 Å². The van der Waals surface area contributed by atoms with Gasteiger partial charge < -0.3 is 16.2 Å². The molecule has 2 atom stereocenters. The van der Waals surface area contributed by atoms with E-state index in [1.165, 1.54) is 11.0 Å². The number of aromatic hydroxyl groups is 1. The molecule has 0 aromatic heterocycles. The third kappa shape index (κ3) is 2.50. The Morgan fingerprint density at radius 3 is 2.77 bits per heavy atom. The van der Waals surface area contributed by atoms with Gasteiger partial charge in [0.15, 0.2) is 0 Å². The van der Waals surface area contributed by atoms with Gasteiger partial charge in [-0.15, -0.1) is 0 Å². The lowest BCUT2D eigenvalue weighted by Gasteiger charge is -2.17. The SMILES string of the molecule is Nc1ccc(NCN2C(=O)[C@@H]3CC=C(Cl)C[C@H]3C2=O)c(O)c1. The molecule has 1 aliphatic heterocycles. The number of anilines is 2. The number of imide groups is 1.